The average molecular weight is 295 g/mol. The van der Waals surface area contributed by atoms with Crippen molar-refractivity contribution in [1.29, 1.82) is 0 Å². The minimum Gasteiger partial charge on any atom is -0.467 e. The molecule has 0 aromatic heterocycles. The zero-order valence-electron chi connectivity index (χ0n) is 13.9. The van der Waals surface area contributed by atoms with Gasteiger partial charge in [0.25, 0.3) is 0 Å². The van der Waals surface area contributed by atoms with Crippen molar-refractivity contribution in [2.24, 2.45) is 11.3 Å². The van der Waals surface area contributed by atoms with Crippen molar-refractivity contribution in [3.05, 3.63) is 0 Å². The number of likely N-dealkylation sites (tertiary alicyclic amines) is 1. The first-order chi connectivity index (χ1) is 9.93. The third-order valence-electron chi connectivity index (χ3n) is 5.42. The van der Waals surface area contributed by atoms with Crippen molar-refractivity contribution in [2.45, 2.75) is 77.8 Å². The van der Waals surface area contributed by atoms with Crippen LogP contribution in [0.3, 0.4) is 0 Å². The van der Waals surface area contributed by atoms with Crippen molar-refractivity contribution < 1.29 is 14.3 Å². The van der Waals surface area contributed by atoms with Crippen LogP contribution in [0.15, 0.2) is 0 Å². The number of methoxy groups -OCH3 is 1. The third kappa shape index (κ3) is 2.95. The molecule has 0 aromatic carbocycles. The second-order valence-corrected chi connectivity index (χ2v) is 7.14. The predicted octanol–water partition coefficient (Wildman–Crippen LogP) is 3.15. The zero-order valence-corrected chi connectivity index (χ0v) is 13.9. The number of amides is 1. The molecule has 0 N–H and O–H groups in total. The van der Waals surface area contributed by atoms with E-state index in [1.165, 1.54) is 13.5 Å². The number of esters is 1. The summed E-state index contributed by atoms with van der Waals surface area (Å²) < 4.78 is 5.09. The lowest BCUT2D eigenvalue weighted by Crippen LogP contribution is -2.62. The highest BCUT2D eigenvalue weighted by Gasteiger charge is 2.53. The third-order valence-corrected chi connectivity index (χ3v) is 5.42. The molecular weight excluding hydrogens is 266 g/mol. The van der Waals surface area contributed by atoms with Crippen LogP contribution in [0.1, 0.15) is 65.7 Å². The summed E-state index contributed by atoms with van der Waals surface area (Å²) in [5.74, 6) is -0.224. The van der Waals surface area contributed by atoms with Gasteiger partial charge in [0.2, 0.25) is 5.91 Å². The van der Waals surface area contributed by atoms with Gasteiger partial charge in [-0.3, -0.25) is 4.79 Å². The normalized spacial score (nSPS) is 28.7. The quantitative estimate of drug-likeness (QED) is 0.735. The lowest BCUT2D eigenvalue weighted by molar-refractivity contribution is -0.170. The number of carbonyl (C=O) groups is 2. The van der Waals surface area contributed by atoms with Crippen molar-refractivity contribution in [2.75, 3.05) is 7.11 Å². The molecule has 2 atom stereocenters. The van der Waals surface area contributed by atoms with E-state index in [2.05, 4.69) is 6.92 Å². The number of nitrogens with zero attached hydrogens (tertiary/aromatic N) is 1. The first-order valence-electron chi connectivity index (χ1n) is 8.33. The Balaban J connectivity index is 2.39. The maximum Gasteiger partial charge on any atom is 0.329 e. The second kappa shape index (κ2) is 6.37. The maximum atomic E-state index is 12.7. The monoisotopic (exact) mass is 295 g/mol. The fourth-order valence-corrected chi connectivity index (χ4v) is 4.22. The summed E-state index contributed by atoms with van der Waals surface area (Å²) in [7, 11) is 1.44. The number of rotatable bonds is 2. The molecule has 0 radical (unpaired) electrons. The Bertz CT molecular complexity index is 399. The fraction of sp³-hybridized carbons (Fsp3) is 0.882. The largest absolute Gasteiger partial charge is 0.467 e. The van der Waals surface area contributed by atoms with Crippen LogP contribution < -0.4 is 0 Å². The number of carbonyl (C=O) groups excluding carboxylic acids is 2. The van der Waals surface area contributed by atoms with E-state index in [9.17, 15) is 9.59 Å². The van der Waals surface area contributed by atoms with Crippen molar-refractivity contribution in [1.82, 2.24) is 4.90 Å². The number of hydrogen-bond acceptors (Lipinski definition) is 3. The molecule has 4 nitrogen and oxygen atoms in total. The van der Waals surface area contributed by atoms with Crippen molar-refractivity contribution in [3.63, 3.8) is 0 Å². The van der Waals surface area contributed by atoms with E-state index >= 15 is 0 Å². The van der Waals surface area contributed by atoms with Gasteiger partial charge in [-0.05, 0) is 32.6 Å². The molecule has 1 spiro atoms. The molecular formula is C17H29NO3. The molecule has 4 heteroatoms. The molecule has 1 saturated carbocycles. The van der Waals surface area contributed by atoms with E-state index in [-0.39, 0.29) is 35.3 Å². The zero-order chi connectivity index (χ0) is 15.6. The lowest BCUT2D eigenvalue weighted by Gasteiger charge is -2.53. The van der Waals surface area contributed by atoms with Crippen molar-refractivity contribution in [3.8, 4) is 0 Å². The molecule has 120 valence electrons. The van der Waals surface area contributed by atoms with Crippen LogP contribution in [0.2, 0.25) is 0 Å². The van der Waals surface area contributed by atoms with Gasteiger partial charge in [0.05, 0.1) is 7.11 Å². The van der Waals surface area contributed by atoms with Gasteiger partial charge in [0, 0.05) is 17.4 Å². The van der Waals surface area contributed by atoms with E-state index < -0.39 is 0 Å². The Labute approximate surface area is 128 Å². The van der Waals surface area contributed by atoms with E-state index in [1.54, 1.807) is 0 Å². The molecule has 21 heavy (non-hydrogen) atoms. The molecule has 1 aliphatic heterocycles. The summed E-state index contributed by atoms with van der Waals surface area (Å²) in [6.07, 6.45) is 7.67. The first kappa shape index (κ1) is 16.3. The maximum absolute atomic E-state index is 12.7. The van der Waals surface area contributed by atoms with Gasteiger partial charge in [-0.1, -0.05) is 33.1 Å². The lowest BCUT2D eigenvalue weighted by atomic mass is 9.63. The van der Waals surface area contributed by atoms with Crippen molar-refractivity contribution >= 4 is 11.9 Å². The molecule has 2 aliphatic rings. The van der Waals surface area contributed by atoms with E-state index in [1.807, 2.05) is 18.7 Å². The standard InChI is InChI=1S/C17H29NO3/c1-12(2)15(19)18-13(3)8-11-17(9-6-5-7-10-17)14(18)16(20)21-4/h12-14H,5-11H2,1-4H3/t13-,14-/m1/s1. The van der Waals surface area contributed by atoms with E-state index in [4.69, 9.17) is 4.74 Å². The van der Waals surface area contributed by atoms with Gasteiger partial charge in [0.15, 0.2) is 0 Å². The Morgan fingerprint density at radius 2 is 1.76 bits per heavy atom. The molecule has 2 rings (SSSR count). The summed E-state index contributed by atoms with van der Waals surface area (Å²) in [4.78, 5) is 27.0. The Kier molecular flexibility index (Phi) is 4.95. The summed E-state index contributed by atoms with van der Waals surface area (Å²) >= 11 is 0. The summed E-state index contributed by atoms with van der Waals surface area (Å²) in [6.45, 7) is 5.88. The molecule has 1 aliphatic carbocycles. The van der Waals surface area contributed by atoms with Crippen LogP contribution in [-0.2, 0) is 14.3 Å². The van der Waals surface area contributed by atoms with Gasteiger partial charge in [0.1, 0.15) is 6.04 Å². The van der Waals surface area contributed by atoms with Gasteiger partial charge >= 0.3 is 5.97 Å². The van der Waals surface area contributed by atoms with Gasteiger partial charge in [-0.2, -0.15) is 0 Å². The Hall–Kier alpha value is -1.06. The molecule has 1 amide bonds. The smallest absolute Gasteiger partial charge is 0.329 e. The highest BCUT2D eigenvalue weighted by molar-refractivity contribution is 5.86. The molecule has 2 fully saturated rings. The predicted molar refractivity (Wildman–Crippen MR) is 81.7 cm³/mol. The van der Waals surface area contributed by atoms with E-state index in [0.717, 1.165) is 38.5 Å². The molecule has 1 heterocycles. The number of piperidine rings is 1. The minimum absolute atomic E-state index is 0.0532. The van der Waals surface area contributed by atoms with Crippen LogP contribution in [0.5, 0.6) is 0 Å². The summed E-state index contributed by atoms with van der Waals surface area (Å²) in [6, 6.07) is -0.266. The molecule has 0 unspecified atom stereocenters. The van der Waals surface area contributed by atoms with Gasteiger partial charge in [-0.15, -0.1) is 0 Å². The Morgan fingerprint density at radius 1 is 1.14 bits per heavy atom. The fourth-order valence-electron chi connectivity index (χ4n) is 4.22. The number of hydrogen-bond donors (Lipinski definition) is 0. The first-order valence-corrected chi connectivity index (χ1v) is 8.33. The summed E-state index contributed by atoms with van der Waals surface area (Å²) in [5, 5.41) is 0. The van der Waals surface area contributed by atoms with E-state index in [0.29, 0.717) is 0 Å². The van der Waals surface area contributed by atoms with Crippen LogP contribution in [0, 0.1) is 11.3 Å². The highest BCUT2D eigenvalue weighted by Crippen LogP contribution is 2.49. The highest BCUT2D eigenvalue weighted by atomic mass is 16.5. The molecule has 0 bridgehead atoms. The van der Waals surface area contributed by atoms with Crippen LogP contribution >= 0.6 is 0 Å². The second-order valence-electron chi connectivity index (χ2n) is 7.14. The number of ether oxygens (including phenoxy) is 1. The van der Waals surface area contributed by atoms with Gasteiger partial charge in [-0.25, -0.2) is 4.79 Å². The Morgan fingerprint density at radius 3 is 2.29 bits per heavy atom. The molecule has 1 saturated heterocycles. The van der Waals surface area contributed by atoms with Crippen LogP contribution in [0.25, 0.3) is 0 Å². The summed E-state index contributed by atoms with van der Waals surface area (Å²) in [5.41, 5.74) is -0.0532. The van der Waals surface area contributed by atoms with Gasteiger partial charge < -0.3 is 9.64 Å². The van der Waals surface area contributed by atoms with Crippen LogP contribution in [-0.4, -0.2) is 36.0 Å². The van der Waals surface area contributed by atoms with Crippen LogP contribution in [0.4, 0.5) is 0 Å². The topological polar surface area (TPSA) is 46.6 Å². The SMILES string of the molecule is COC(=O)[C@H]1N(C(=O)C(C)C)[C@H](C)CCC12CCCCC2. The minimum atomic E-state index is -0.388. The average Bonchev–Trinajstić information content (AvgIpc) is 2.49. The molecule has 0 aromatic rings.